The van der Waals surface area contributed by atoms with Crippen molar-refractivity contribution in [3.8, 4) is 11.3 Å². The highest BCUT2D eigenvalue weighted by atomic mass is 19.1. The Kier molecular flexibility index (Phi) is 4.29. The second-order valence-electron chi connectivity index (χ2n) is 6.22. The van der Waals surface area contributed by atoms with Crippen LogP contribution in [0.5, 0.6) is 0 Å². The second-order valence-corrected chi connectivity index (χ2v) is 6.22. The molecule has 0 spiro atoms. The summed E-state index contributed by atoms with van der Waals surface area (Å²) in [5, 5.41) is 17.8. The van der Waals surface area contributed by atoms with Gasteiger partial charge in [-0.15, -0.1) is 0 Å². The molecule has 1 fully saturated rings. The van der Waals surface area contributed by atoms with E-state index in [4.69, 9.17) is 4.74 Å². The van der Waals surface area contributed by atoms with Gasteiger partial charge in [-0.25, -0.2) is 4.39 Å². The molecule has 0 bridgehead atoms. The molecule has 1 saturated heterocycles. The number of H-pyrrole nitrogens is 2. The maximum Gasteiger partial charge on any atom is 0.132 e. The van der Waals surface area contributed by atoms with Gasteiger partial charge in [0.15, 0.2) is 0 Å². The molecular weight excluding hydrogens is 323 g/mol. The number of rotatable bonds is 5. The van der Waals surface area contributed by atoms with Gasteiger partial charge >= 0.3 is 0 Å². The Morgan fingerprint density at radius 3 is 2.88 bits per heavy atom. The number of aromatic amines is 2. The van der Waals surface area contributed by atoms with Gasteiger partial charge in [0.25, 0.3) is 0 Å². The Hall–Kier alpha value is -2.58. The monoisotopic (exact) mass is 342 g/mol. The molecule has 3 aromatic rings. The Morgan fingerprint density at radius 2 is 2.12 bits per heavy atom. The molecule has 1 aromatic carbocycles. The fourth-order valence-electron chi connectivity index (χ4n) is 3.46. The zero-order valence-corrected chi connectivity index (χ0v) is 13.8. The third-order valence-electron chi connectivity index (χ3n) is 4.71. The first-order valence-corrected chi connectivity index (χ1v) is 8.14. The van der Waals surface area contributed by atoms with E-state index >= 15 is 0 Å². The predicted molar refractivity (Wildman–Crippen MR) is 89.2 cm³/mol. The van der Waals surface area contributed by atoms with Gasteiger partial charge < -0.3 is 4.74 Å². The van der Waals surface area contributed by atoms with Crippen LogP contribution in [0.2, 0.25) is 0 Å². The Labute approximate surface area is 144 Å². The van der Waals surface area contributed by atoms with Gasteiger partial charge in [0, 0.05) is 43.8 Å². The van der Waals surface area contributed by atoms with E-state index in [-0.39, 0.29) is 17.8 Å². The summed E-state index contributed by atoms with van der Waals surface area (Å²) in [6.45, 7) is 2.23. The lowest BCUT2D eigenvalue weighted by Gasteiger charge is -2.15. The standard InChI is InChI=1S/C17H19FN6O/c1-25-16-10-24(9-13(16)15-7-20-23-21-15)8-11-6-19-22-17(11)12-4-2-3-5-14(12)18/h2-7,13,16H,8-10H2,1H3,(H,19,22)(H,20,21,23)/t13-,16+/m0/s1. The number of nitrogens with zero attached hydrogens (tertiary/aromatic N) is 4. The minimum absolute atomic E-state index is 0.0499. The first-order chi connectivity index (χ1) is 12.3. The number of nitrogens with one attached hydrogen (secondary N) is 2. The van der Waals surface area contributed by atoms with E-state index in [9.17, 15) is 4.39 Å². The van der Waals surface area contributed by atoms with Crippen LogP contribution in [0, 0.1) is 5.82 Å². The molecule has 130 valence electrons. The number of ether oxygens (including phenoxy) is 1. The van der Waals surface area contributed by atoms with Crippen molar-refractivity contribution >= 4 is 0 Å². The van der Waals surface area contributed by atoms with Crippen LogP contribution in [0.25, 0.3) is 11.3 Å². The molecule has 0 amide bonds. The zero-order chi connectivity index (χ0) is 17.2. The molecule has 0 saturated carbocycles. The molecule has 1 aliphatic rings. The normalized spacial score (nSPS) is 21.0. The summed E-state index contributed by atoms with van der Waals surface area (Å²) in [6, 6.07) is 6.71. The number of hydrogen-bond acceptors (Lipinski definition) is 5. The van der Waals surface area contributed by atoms with E-state index in [2.05, 4.69) is 30.5 Å². The lowest BCUT2D eigenvalue weighted by atomic mass is 10.0. The molecular formula is C17H19FN6O. The average Bonchev–Trinajstić information content (AvgIpc) is 3.36. The van der Waals surface area contributed by atoms with Gasteiger partial charge in [-0.1, -0.05) is 12.1 Å². The van der Waals surface area contributed by atoms with Gasteiger partial charge in [-0.3, -0.25) is 10.00 Å². The molecule has 0 aliphatic carbocycles. The molecule has 2 N–H and O–H groups in total. The highest BCUT2D eigenvalue weighted by molar-refractivity contribution is 5.63. The Bertz CT molecular complexity index is 833. The van der Waals surface area contributed by atoms with Gasteiger partial charge in [-0.05, 0) is 12.1 Å². The Morgan fingerprint density at radius 1 is 1.24 bits per heavy atom. The minimum atomic E-state index is -0.260. The van der Waals surface area contributed by atoms with E-state index in [1.807, 2.05) is 6.07 Å². The van der Waals surface area contributed by atoms with Gasteiger partial charge in [0.1, 0.15) is 5.82 Å². The van der Waals surface area contributed by atoms with Crippen LogP contribution in [0.3, 0.4) is 0 Å². The zero-order valence-electron chi connectivity index (χ0n) is 13.8. The smallest absolute Gasteiger partial charge is 0.132 e. The van der Waals surface area contributed by atoms with Crippen molar-refractivity contribution in [1.82, 2.24) is 30.5 Å². The molecule has 25 heavy (non-hydrogen) atoms. The summed E-state index contributed by atoms with van der Waals surface area (Å²) in [6.07, 6.45) is 3.55. The van der Waals surface area contributed by atoms with E-state index in [1.165, 1.54) is 6.07 Å². The van der Waals surface area contributed by atoms with Crippen LogP contribution in [0.4, 0.5) is 4.39 Å². The summed E-state index contributed by atoms with van der Waals surface area (Å²) >= 11 is 0. The van der Waals surface area contributed by atoms with E-state index in [0.717, 1.165) is 30.0 Å². The van der Waals surface area contributed by atoms with Crippen LogP contribution in [-0.2, 0) is 11.3 Å². The quantitative estimate of drug-likeness (QED) is 0.740. The predicted octanol–water partition coefficient (Wildman–Crippen LogP) is 1.95. The van der Waals surface area contributed by atoms with E-state index < -0.39 is 0 Å². The van der Waals surface area contributed by atoms with Gasteiger partial charge in [0.05, 0.1) is 29.9 Å². The van der Waals surface area contributed by atoms with Crippen LogP contribution in [-0.4, -0.2) is 56.8 Å². The third kappa shape index (κ3) is 3.06. The summed E-state index contributed by atoms with van der Waals surface area (Å²) in [5.41, 5.74) is 3.11. The molecule has 0 radical (unpaired) electrons. The number of methoxy groups -OCH3 is 1. The molecule has 4 rings (SSSR count). The van der Waals surface area contributed by atoms with Gasteiger partial charge in [-0.2, -0.15) is 20.5 Å². The molecule has 2 aromatic heterocycles. The third-order valence-corrected chi connectivity index (χ3v) is 4.71. The van der Waals surface area contributed by atoms with Crippen LogP contribution in [0.15, 0.2) is 36.7 Å². The van der Waals surface area contributed by atoms with Crippen LogP contribution in [0.1, 0.15) is 17.2 Å². The minimum Gasteiger partial charge on any atom is -0.379 e. The van der Waals surface area contributed by atoms with Crippen molar-refractivity contribution in [1.29, 1.82) is 0 Å². The molecule has 1 aliphatic heterocycles. The summed E-state index contributed by atoms with van der Waals surface area (Å²) in [4.78, 5) is 2.27. The lowest BCUT2D eigenvalue weighted by molar-refractivity contribution is 0.0957. The van der Waals surface area contributed by atoms with Crippen LogP contribution >= 0.6 is 0 Å². The molecule has 7 nitrogen and oxygen atoms in total. The average molecular weight is 342 g/mol. The van der Waals surface area contributed by atoms with Gasteiger partial charge in [0.2, 0.25) is 0 Å². The highest BCUT2D eigenvalue weighted by Gasteiger charge is 2.35. The van der Waals surface area contributed by atoms with Crippen molar-refractivity contribution < 1.29 is 9.13 Å². The molecule has 3 heterocycles. The molecule has 8 heteroatoms. The number of hydrogen-bond donors (Lipinski definition) is 2. The maximum absolute atomic E-state index is 14.1. The van der Waals surface area contributed by atoms with Crippen molar-refractivity contribution in [3.05, 3.63) is 53.7 Å². The largest absolute Gasteiger partial charge is 0.379 e. The number of aromatic nitrogens is 5. The number of benzene rings is 1. The second kappa shape index (κ2) is 6.73. The molecule has 2 atom stereocenters. The first-order valence-electron chi connectivity index (χ1n) is 8.14. The van der Waals surface area contributed by atoms with E-state index in [0.29, 0.717) is 12.1 Å². The maximum atomic E-state index is 14.1. The van der Waals surface area contributed by atoms with Crippen molar-refractivity contribution in [2.24, 2.45) is 0 Å². The Balaban J connectivity index is 1.54. The van der Waals surface area contributed by atoms with Crippen molar-refractivity contribution in [3.63, 3.8) is 0 Å². The summed E-state index contributed by atoms with van der Waals surface area (Å²) < 4.78 is 19.7. The molecule has 0 unspecified atom stereocenters. The van der Waals surface area contributed by atoms with Crippen molar-refractivity contribution in [2.45, 2.75) is 18.6 Å². The fraction of sp³-hybridized carbons (Fsp3) is 0.353. The summed E-state index contributed by atoms with van der Waals surface area (Å²) in [7, 11) is 1.71. The SMILES string of the molecule is CO[C@@H]1CN(Cc2cn[nH]c2-c2ccccc2F)C[C@H]1c1cn[nH]n1. The highest BCUT2D eigenvalue weighted by Crippen LogP contribution is 2.31. The van der Waals surface area contributed by atoms with Crippen LogP contribution < -0.4 is 0 Å². The first kappa shape index (κ1) is 15.9. The van der Waals surface area contributed by atoms with Crippen molar-refractivity contribution in [2.75, 3.05) is 20.2 Å². The number of halogens is 1. The number of likely N-dealkylation sites (tertiary alicyclic amines) is 1. The fourth-order valence-corrected chi connectivity index (χ4v) is 3.46. The lowest BCUT2D eigenvalue weighted by Crippen LogP contribution is -2.22. The topological polar surface area (TPSA) is 82.7 Å². The van der Waals surface area contributed by atoms with E-state index in [1.54, 1.807) is 31.6 Å². The summed E-state index contributed by atoms with van der Waals surface area (Å²) in [5.74, 6) is -0.0998.